The second kappa shape index (κ2) is 3.26. The van der Waals surface area contributed by atoms with Crippen LogP contribution in [-0.4, -0.2) is 16.0 Å². The minimum Gasteiger partial charge on any atom is -0.481 e. The number of hydrogen-bond donors (Lipinski definition) is 1. The van der Waals surface area contributed by atoms with E-state index < -0.39 is 22.5 Å². The largest absolute Gasteiger partial charge is 0.481 e. The van der Waals surface area contributed by atoms with Crippen LogP contribution in [0.15, 0.2) is 24.3 Å². The summed E-state index contributed by atoms with van der Waals surface area (Å²) in [4.78, 5) is 20.4. The van der Waals surface area contributed by atoms with Crippen molar-refractivity contribution in [2.45, 2.75) is 12.1 Å². The molecule has 84 valence electrons. The van der Waals surface area contributed by atoms with Crippen molar-refractivity contribution < 1.29 is 19.2 Å². The van der Waals surface area contributed by atoms with Gasteiger partial charge in [-0.2, -0.15) is 0 Å². The van der Waals surface area contributed by atoms with Gasteiger partial charge >= 0.3 is 5.97 Å². The first-order valence-electron chi connectivity index (χ1n) is 4.62. The summed E-state index contributed by atoms with van der Waals surface area (Å²) >= 11 is 0. The molecule has 1 aromatic carbocycles. The monoisotopic (exact) mass is 225 g/mol. The molecular formula is C10H8FNO4. The number of halogens is 1. The number of benzene rings is 1. The SMILES string of the molecule is O=C(O)[C@H]1C[C@]1(F)c1cccc([N+](=O)[O-])c1. The molecule has 16 heavy (non-hydrogen) atoms. The molecule has 1 aliphatic carbocycles. The maximum absolute atomic E-state index is 14.0. The fourth-order valence-electron chi connectivity index (χ4n) is 1.72. The molecule has 2 atom stereocenters. The van der Waals surface area contributed by atoms with Crippen LogP contribution in [0.5, 0.6) is 0 Å². The van der Waals surface area contributed by atoms with E-state index in [0.717, 1.165) is 6.07 Å². The number of carbonyl (C=O) groups is 1. The van der Waals surface area contributed by atoms with E-state index >= 15 is 0 Å². The number of nitrogens with zero attached hydrogens (tertiary/aromatic N) is 1. The molecule has 1 aliphatic rings. The smallest absolute Gasteiger partial charge is 0.310 e. The molecular weight excluding hydrogens is 217 g/mol. The van der Waals surface area contributed by atoms with Gasteiger partial charge in [-0.25, -0.2) is 4.39 Å². The van der Waals surface area contributed by atoms with Crippen LogP contribution in [0.25, 0.3) is 0 Å². The Kier molecular flexibility index (Phi) is 2.15. The van der Waals surface area contributed by atoms with E-state index in [1.54, 1.807) is 0 Å². The third-order valence-electron chi connectivity index (χ3n) is 2.73. The lowest BCUT2D eigenvalue weighted by atomic mass is 10.1. The molecule has 2 rings (SSSR count). The first kappa shape index (κ1) is 10.5. The van der Waals surface area contributed by atoms with Gasteiger partial charge in [0, 0.05) is 18.6 Å². The number of aliphatic carboxylic acids is 1. The number of non-ortho nitro benzene ring substituents is 1. The van der Waals surface area contributed by atoms with E-state index in [4.69, 9.17) is 5.11 Å². The highest BCUT2D eigenvalue weighted by Gasteiger charge is 2.61. The van der Waals surface area contributed by atoms with Crippen molar-refractivity contribution in [3.8, 4) is 0 Å². The van der Waals surface area contributed by atoms with E-state index in [2.05, 4.69) is 0 Å². The summed E-state index contributed by atoms with van der Waals surface area (Å²) in [5.41, 5.74) is -2.11. The van der Waals surface area contributed by atoms with Crippen LogP contribution in [-0.2, 0) is 10.5 Å². The van der Waals surface area contributed by atoms with Crippen LogP contribution in [0.3, 0.4) is 0 Å². The van der Waals surface area contributed by atoms with Crippen LogP contribution in [0.1, 0.15) is 12.0 Å². The predicted molar refractivity (Wildman–Crippen MR) is 51.6 cm³/mol. The molecule has 1 N–H and O–H groups in total. The summed E-state index contributed by atoms with van der Waals surface area (Å²) in [6.07, 6.45) is -0.122. The number of nitro benzene ring substituents is 1. The maximum Gasteiger partial charge on any atom is 0.310 e. The molecule has 0 heterocycles. The fraction of sp³-hybridized carbons (Fsp3) is 0.300. The summed E-state index contributed by atoms with van der Waals surface area (Å²) in [5, 5.41) is 19.1. The van der Waals surface area contributed by atoms with Crippen LogP contribution < -0.4 is 0 Å². The molecule has 0 saturated heterocycles. The highest BCUT2D eigenvalue weighted by Crippen LogP contribution is 2.56. The minimum absolute atomic E-state index is 0.0640. The molecule has 1 fully saturated rings. The zero-order chi connectivity index (χ0) is 11.9. The number of nitro groups is 1. The van der Waals surface area contributed by atoms with Gasteiger partial charge in [-0.15, -0.1) is 0 Å². The molecule has 0 aromatic heterocycles. The Labute approximate surface area is 89.7 Å². The van der Waals surface area contributed by atoms with Crippen molar-refractivity contribution in [1.82, 2.24) is 0 Å². The third kappa shape index (κ3) is 1.52. The van der Waals surface area contributed by atoms with Crippen molar-refractivity contribution in [3.05, 3.63) is 39.9 Å². The Morgan fingerprint density at radius 2 is 2.31 bits per heavy atom. The van der Waals surface area contributed by atoms with Crippen molar-refractivity contribution in [1.29, 1.82) is 0 Å². The zero-order valence-electron chi connectivity index (χ0n) is 8.09. The Morgan fingerprint density at radius 3 is 2.81 bits per heavy atom. The van der Waals surface area contributed by atoms with Crippen molar-refractivity contribution in [2.24, 2.45) is 5.92 Å². The average Bonchev–Trinajstić information content (AvgIpc) is 2.93. The van der Waals surface area contributed by atoms with Gasteiger partial charge in [0.05, 0.1) is 10.8 Å². The first-order chi connectivity index (χ1) is 7.45. The Morgan fingerprint density at radius 1 is 1.62 bits per heavy atom. The van der Waals surface area contributed by atoms with E-state index in [-0.39, 0.29) is 17.7 Å². The summed E-state index contributed by atoms with van der Waals surface area (Å²) in [6.45, 7) is 0. The average molecular weight is 225 g/mol. The number of alkyl halides is 1. The number of carboxylic acid groups (broad SMARTS) is 1. The normalized spacial score (nSPS) is 27.4. The lowest BCUT2D eigenvalue weighted by Crippen LogP contribution is -2.09. The van der Waals surface area contributed by atoms with Gasteiger partial charge in [-0.1, -0.05) is 12.1 Å². The number of rotatable bonds is 3. The van der Waals surface area contributed by atoms with Gasteiger partial charge in [0.25, 0.3) is 5.69 Å². The summed E-state index contributed by atoms with van der Waals surface area (Å²) in [6, 6.07) is 5.05. The van der Waals surface area contributed by atoms with E-state index in [9.17, 15) is 19.3 Å². The summed E-state index contributed by atoms with van der Waals surface area (Å²) in [7, 11) is 0. The molecule has 5 nitrogen and oxygen atoms in total. The number of carboxylic acids is 1. The third-order valence-corrected chi connectivity index (χ3v) is 2.73. The quantitative estimate of drug-likeness (QED) is 0.628. The van der Waals surface area contributed by atoms with Crippen LogP contribution in [0.2, 0.25) is 0 Å². The van der Waals surface area contributed by atoms with E-state index in [1.165, 1.54) is 18.2 Å². The standard InChI is InChI=1S/C10H8FNO4/c11-10(5-8(10)9(13)14)6-2-1-3-7(4-6)12(15)16/h1-4,8H,5H2,(H,13,14)/t8-,10+/m1/s1. The van der Waals surface area contributed by atoms with Gasteiger partial charge < -0.3 is 5.11 Å². The number of hydrogen-bond acceptors (Lipinski definition) is 3. The topological polar surface area (TPSA) is 80.4 Å². The molecule has 0 radical (unpaired) electrons. The second-order valence-corrected chi connectivity index (χ2v) is 3.76. The molecule has 0 bridgehead atoms. The van der Waals surface area contributed by atoms with Gasteiger partial charge in [0.15, 0.2) is 5.67 Å². The zero-order valence-corrected chi connectivity index (χ0v) is 8.09. The molecule has 6 heteroatoms. The minimum atomic E-state index is -1.95. The van der Waals surface area contributed by atoms with Crippen LogP contribution in [0, 0.1) is 16.0 Å². The molecule has 0 unspecified atom stereocenters. The van der Waals surface area contributed by atoms with Crippen molar-refractivity contribution >= 4 is 11.7 Å². The molecule has 1 saturated carbocycles. The molecule has 0 spiro atoms. The van der Waals surface area contributed by atoms with Gasteiger partial charge in [0.2, 0.25) is 0 Å². The van der Waals surface area contributed by atoms with Crippen molar-refractivity contribution in [2.75, 3.05) is 0 Å². The molecule has 0 aliphatic heterocycles. The Hall–Kier alpha value is -1.98. The molecule has 0 amide bonds. The second-order valence-electron chi connectivity index (χ2n) is 3.76. The lowest BCUT2D eigenvalue weighted by molar-refractivity contribution is -0.385. The lowest BCUT2D eigenvalue weighted by Gasteiger charge is -2.05. The van der Waals surface area contributed by atoms with Gasteiger partial charge in [0.1, 0.15) is 0 Å². The van der Waals surface area contributed by atoms with Crippen LogP contribution >= 0.6 is 0 Å². The predicted octanol–water partition coefficient (Wildman–Crippen LogP) is 1.86. The Balaban J connectivity index is 2.33. The Bertz CT molecular complexity index is 476. The highest BCUT2D eigenvalue weighted by molar-refractivity contribution is 5.76. The molecule has 1 aromatic rings. The van der Waals surface area contributed by atoms with E-state index in [0.29, 0.717) is 0 Å². The van der Waals surface area contributed by atoms with Gasteiger partial charge in [-0.3, -0.25) is 14.9 Å². The maximum atomic E-state index is 14.0. The summed E-state index contributed by atoms with van der Waals surface area (Å²) in [5.74, 6) is -2.30. The van der Waals surface area contributed by atoms with Crippen LogP contribution in [0.4, 0.5) is 10.1 Å². The summed E-state index contributed by atoms with van der Waals surface area (Å²) < 4.78 is 14.0. The van der Waals surface area contributed by atoms with Gasteiger partial charge in [-0.05, 0) is 5.56 Å². The van der Waals surface area contributed by atoms with E-state index in [1.807, 2.05) is 0 Å². The van der Waals surface area contributed by atoms with Crippen molar-refractivity contribution in [3.63, 3.8) is 0 Å². The fourth-order valence-corrected chi connectivity index (χ4v) is 1.72. The first-order valence-corrected chi connectivity index (χ1v) is 4.62. The highest BCUT2D eigenvalue weighted by atomic mass is 19.1.